The van der Waals surface area contributed by atoms with Crippen LogP contribution in [0.4, 0.5) is 0 Å². The van der Waals surface area contributed by atoms with Crippen LogP contribution in [0, 0.1) is 20.8 Å². The molecular weight excluding hydrogens is 382 g/mol. The van der Waals surface area contributed by atoms with Crippen LogP contribution >= 0.6 is 11.3 Å². The average molecular weight is 424 g/mol. The summed E-state index contributed by atoms with van der Waals surface area (Å²) in [5.74, 6) is 0. The molecule has 1 aliphatic carbocycles. The van der Waals surface area contributed by atoms with Crippen LogP contribution in [-0.4, -0.2) is 13.3 Å². The fraction of sp³-hybridized carbons (Fsp3) is 0.429. The number of thiophene rings is 1. The van der Waals surface area contributed by atoms with Gasteiger partial charge in [-0.05, 0) is 62.0 Å². The SMILES string of the molecule is C=C=C(C)C1=C(C=NC)c2sc(C)c(C)c2C1.CC.CC.CCc1cccc(C)c1. The highest BCUT2D eigenvalue weighted by molar-refractivity contribution is 7.13. The van der Waals surface area contributed by atoms with Crippen molar-refractivity contribution >= 4 is 23.1 Å². The van der Waals surface area contributed by atoms with E-state index >= 15 is 0 Å². The summed E-state index contributed by atoms with van der Waals surface area (Å²) in [5, 5.41) is 0. The maximum atomic E-state index is 4.18. The molecule has 0 radical (unpaired) electrons. The van der Waals surface area contributed by atoms with Gasteiger partial charge in [0, 0.05) is 35.0 Å². The van der Waals surface area contributed by atoms with Crippen LogP contribution in [0.5, 0.6) is 0 Å². The Hall–Kier alpha value is -2.15. The van der Waals surface area contributed by atoms with Crippen molar-refractivity contribution in [2.24, 2.45) is 4.99 Å². The van der Waals surface area contributed by atoms with Crippen molar-refractivity contribution in [2.45, 2.75) is 75.2 Å². The number of aliphatic imine (C=N–C) groups is 1. The fourth-order valence-corrected chi connectivity index (χ4v) is 4.37. The molecule has 1 aromatic carbocycles. The highest BCUT2D eigenvalue weighted by atomic mass is 32.1. The first-order valence-corrected chi connectivity index (χ1v) is 11.9. The molecule has 0 aliphatic heterocycles. The molecule has 30 heavy (non-hydrogen) atoms. The lowest BCUT2D eigenvalue weighted by atomic mass is 10.0. The molecule has 1 aliphatic rings. The van der Waals surface area contributed by atoms with Crippen molar-refractivity contribution in [3.8, 4) is 0 Å². The maximum absolute atomic E-state index is 4.18. The Labute approximate surface area is 190 Å². The summed E-state index contributed by atoms with van der Waals surface area (Å²) in [4.78, 5) is 6.98. The lowest BCUT2D eigenvalue weighted by Crippen LogP contribution is -1.89. The Morgan fingerprint density at radius 1 is 1.17 bits per heavy atom. The molecule has 2 heteroatoms. The molecule has 2 aromatic rings. The molecule has 0 unspecified atom stereocenters. The average Bonchev–Trinajstić information content (AvgIpc) is 3.27. The summed E-state index contributed by atoms with van der Waals surface area (Å²) >= 11 is 1.87. The molecule has 0 N–H and O–H groups in total. The number of aryl methyl sites for hydroxylation is 3. The van der Waals surface area contributed by atoms with Gasteiger partial charge in [0.25, 0.3) is 0 Å². The van der Waals surface area contributed by atoms with Gasteiger partial charge in [-0.2, -0.15) is 0 Å². The fourth-order valence-electron chi connectivity index (χ4n) is 3.15. The zero-order chi connectivity index (χ0) is 23.3. The van der Waals surface area contributed by atoms with Crippen molar-refractivity contribution in [1.29, 1.82) is 0 Å². The van der Waals surface area contributed by atoms with Crippen molar-refractivity contribution in [1.82, 2.24) is 0 Å². The van der Waals surface area contributed by atoms with Gasteiger partial charge in [0.2, 0.25) is 0 Å². The zero-order valence-corrected chi connectivity index (χ0v) is 21.7. The van der Waals surface area contributed by atoms with Crippen molar-refractivity contribution < 1.29 is 0 Å². The standard InChI is InChI=1S/C15H17NS.C9H12.2C2H6/c1-6-9(2)12-7-13-10(3)11(4)17-15(13)14(12)8-16-5;1-3-9-6-4-5-8(2)7-9;2*1-2/h8H,1,7H2,2-5H3;4-7H,3H2,1-2H3;2*1-2H3. The molecule has 0 atom stereocenters. The van der Waals surface area contributed by atoms with E-state index in [0.717, 1.165) is 18.4 Å². The first-order valence-electron chi connectivity index (χ1n) is 11.1. The molecule has 0 fully saturated rings. The Balaban J connectivity index is 0.000000547. The lowest BCUT2D eigenvalue weighted by Gasteiger charge is -2.03. The van der Waals surface area contributed by atoms with Crippen molar-refractivity contribution in [3.05, 3.63) is 79.7 Å². The number of nitrogens with zero attached hydrogens (tertiary/aromatic N) is 1. The van der Waals surface area contributed by atoms with Crippen molar-refractivity contribution in [2.75, 3.05) is 7.05 Å². The Morgan fingerprint density at radius 3 is 2.27 bits per heavy atom. The summed E-state index contributed by atoms with van der Waals surface area (Å²) in [6.07, 6.45) is 4.11. The molecule has 0 spiro atoms. The Bertz CT molecular complexity index is 903. The van der Waals surface area contributed by atoms with Crippen LogP contribution in [-0.2, 0) is 12.8 Å². The Kier molecular flexibility index (Phi) is 13.7. The molecule has 0 saturated heterocycles. The monoisotopic (exact) mass is 423 g/mol. The van der Waals surface area contributed by atoms with Crippen LogP contribution in [0.25, 0.3) is 5.57 Å². The summed E-state index contributed by atoms with van der Waals surface area (Å²) in [5.41, 5.74) is 12.4. The summed E-state index contributed by atoms with van der Waals surface area (Å²) in [7, 11) is 1.82. The van der Waals surface area contributed by atoms with Gasteiger partial charge in [-0.1, -0.05) is 71.0 Å². The number of benzene rings is 1. The molecule has 0 amide bonds. The third kappa shape index (κ3) is 7.27. The molecular formula is C28H41NS. The quantitative estimate of drug-likeness (QED) is 0.346. The number of rotatable bonds is 3. The molecule has 0 bridgehead atoms. The molecule has 1 heterocycles. The van der Waals surface area contributed by atoms with Gasteiger partial charge in [0.1, 0.15) is 0 Å². The second-order valence-electron chi connectivity index (χ2n) is 6.69. The molecule has 0 saturated carbocycles. The van der Waals surface area contributed by atoms with E-state index in [1.807, 2.05) is 52.3 Å². The first-order chi connectivity index (χ1) is 14.4. The number of hydrogen-bond donors (Lipinski definition) is 0. The van der Waals surface area contributed by atoms with Gasteiger partial charge < -0.3 is 0 Å². The van der Waals surface area contributed by atoms with E-state index in [4.69, 9.17) is 0 Å². The predicted octanol–water partition coefficient (Wildman–Crippen LogP) is 8.72. The van der Waals surface area contributed by atoms with Crippen LogP contribution < -0.4 is 0 Å². The van der Waals surface area contributed by atoms with Crippen LogP contribution in [0.3, 0.4) is 0 Å². The Morgan fingerprint density at radius 2 is 1.80 bits per heavy atom. The van der Waals surface area contributed by atoms with E-state index in [1.54, 1.807) is 0 Å². The minimum atomic E-state index is 1.00. The molecule has 1 nitrogen and oxygen atoms in total. The highest BCUT2D eigenvalue weighted by Gasteiger charge is 2.25. The van der Waals surface area contributed by atoms with E-state index in [1.165, 1.54) is 43.2 Å². The minimum absolute atomic E-state index is 1.00. The van der Waals surface area contributed by atoms with Gasteiger partial charge in [-0.15, -0.1) is 17.1 Å². The number of allylic oxidation sites excluding steroid dienone is 3. The van der Waals surface area contributed by atoms with E-state index in [0.29, 0.717) is 0 Å². The predicted molar refractivity (Wildman–Crippen MR) is 140 cm³/mol. The van der Waals surface area contributed by atoms with Crippen molar-refractivity contribution in [3.63, 3.8) is 0 Å². The number of hydrogen-bond acceptors (Lipinski definition) is 2. The topological polar surface area (TPSA) is 12.4 Å². The van der Waals surface area contributed by atoms with Gasteiger partial charge >= 0.3 is 0 Å². The highest BCUT2D eigenvalue weighted by Crippen LogP contribution is 2.42. The smallest absolute Gasteiger partial charge is 0.0402 e. The van der Waals surface area contributed by atoms with Gasteiger partial charge in [0.05, 0.1) is 0 Å². The normalized spacial score (nSPS) is 11.4. The minimum Gasteiger partial charge on any atom is -0.296 e. The third-order valence-electron chi connectivity index (χ3n) is 4.90. The van der Waals surface area contributed by atoms with E-state index in [9.17, 15) is 0 Å². The molecule has 3 rings (SSSR count). The van der Waals surface area contributed by atoms with Crippen LogP contribution in [0.1, 0.15) is 73.6 Å². The van der Waals surface area contributed by atoms with Gasteiger partial charge in [0.15, 0.2) is 0 Å². The van der Waals surface area contributed by atoms with E-state index < -0.39 is 0 Å². The first kappa shape index (κ1) is 27.8. The molecule has 1 aromatic heterocycles. The third-order valence-corrected chi connectivity index (χ3v) is 6.18. The summed E-state index contributed by atoms with van der Waals surface area (Å²) in [6, 6.07) is 8.61. The maximum Gasteiger partial charge on any atom is 0.0402 e. The van der Waals surface area contributed by atoms with E-state index in [-0.39, 0.29) is 0 Å². The van der Waals surface area contributed by atoms with Gasteiger partial charge in [-0.3, -0.25) is 4.99 Å². The lowest BCUT2D eigenvalue weighted by molar-refractivity contribution is 1.13. The summed E-state index contributed by atoms with van der Waals surface area (Å²) in [6.45, 7) is 22.5. The summed E-state index contributed by atoms with van der Waals surface area (Å²) < 4.78 is 0. The largest absolute Gasteiger partial charge is 0.296 e. The van der Waals surface area contributed by atoms with Crippen LogP contribution in [0.2, 0.25) is 0 Å². The van der Waals surface area contributed by atoms with E-state index in [2.05, 4.69) is 76.2 Å². The zero-order valence-electron chi connectivity index (χ0n) is 20.9. The second-order valence-corrected chi connectivity index (χ2v) is 7.92. The van der Waals surface area contributed by atoms with Gasteiger partial charge in [-0.25, -0.2) is 0 Å². The number of fused-ring (bicyclic) bond motifs is 1. The van der Waals surface area contributed by atoms with Crippen LogP contribution in [0.15, 0.2) is 52.7 Å². The second kappa shape index (κ2) is 14.8. The molecule has 164 valence electrons.